The minimum absolute atomic E-state index is 1.01. The third-order valence-corrected chi connectivity index (χ3v) is 13.6. The van der Waals surface area contributed by atoms with Gasteiger partial charge < -0.3 is 8.83 Å². The van der Waals surface area contributed by atoms with Crippen molar-refractivity contribution in [3.05, 3.63) is 178 Å². The van der Waals surface area contributed by atoms with Crippen molar-refractivity contribution in [1.82, 2.24) is 47.4 Å². The molecule has 12 nitrogen and oxygen atoms in total. The number of nitrogens with zero attached hydrogens (tertiary/aromatic N) is 9. The smallest absolute Gasteiger partial charge is 0.103 e. The highest BCUT2D eigenvalue weighted by Gasteiger charge is 1.97. The van der Waals surface area contributed by atoms with Gasteiger partial charge in [-0.1, -0.05) is 0 Å². The van der Waals surface area contributed by atoms with Crippen LogP contribution in [0.1, 0.15) is 99.8 Å². The van der Waals surface area contributed by atoms with Gasteiger partial charge in [-0.25, -0.2) is 7.42 Å². The Morgan fingerprint density at radius 2 is 0.955 bits per heavy atom. The lowest BCUT2D eigenvalue weighted by molar-refractivity contribution is 0.531. The molecule has 0 saturated carbocycles. The summed E-state index contributed by atoms with van der Waals surface area (Å²) in [6, 6.07) is 8.19. The van der Waals surface area contributed by atoms with Crippen LogP contribution in [0.25, 0.3) is 0 Å². The van der Waals surface area contributed by atoms with E-state index in [-0.39, 0.29) is 0 Å². The van der Waals surface area contributed by atoms with Crippen LogP contribution in [0.3, 0.4) is 0 Å². The molecule has 0 aromatic carbocycles. The van der Waals surface area contributed by atoms with E-state index in [1.807, 2.05) is 143 Å². The summed E-state index contributed by atoms with van der Waals surface area (Å²) in [4.78, 5) is 2.86. The van der Waals surface area contributed by atoms with E-state index in [1.165, 1.54) is 65.5 Å². The van der Waals surface area contributed by atoms with Crippen molar-refractivity contribution in [3.63, 3.8) is 0 Å². The van der Waals surface area contributed by atoms with E-state index < -0.39 is 0 Å². The fourth-order valence-electron chi connectivity index (χ4n) is 4.50. The quantitative estimate of drug-likeness (QED) is 0.160. The molecule has 0 radical (unpaired) electrons. The molecule has 0 aliphatic rings. The number of furan rings is 2. The number of hydrogen-bond donors (Lipinski definition) is 1. The molecule has 9 aromatic heterocycles. The molecule has 0 unspecified atom stereocenters. The highest BCUT2D eigenvalue weighted by atomic mass is 79.9. The molecule has 0 atom stereocenters. The van der Waals surface area contributed by atoms with Crippen LogP contribution in [-0.4, -0.2) is 47.4 Å². The Labute approximate surface area is 425 Å². The zero-order chi connectivity index (χ0) is 51.0. The summed E-state index contributed by atoms with van der Waals surface area (Å²) in [5.41, 5.74) is 17.2. The summed E-state index contributed by atoms with van der Waals surface area (Å²) in [5, 5.41) is 27.0. The Hall–Kier alpha value is -5.03. The van der Waals surface area contributed by atoms with Crippen molar-refractivity contribution in [1.29, 1.82) is 0 Å². The first-order valence-electron chi connectivity index (χ1n) is 21.6. The Morgan fingerprint density at radius 3 is 1.06 bits per heavy atom. The third kappa shape index (κ3) is 23.5. The fourth-order valence-corrected chi connectivity index (χ4v) is 6.87. The Balaban J connectivity index is 0.000000377. The van der Waals surface area contributed by atoms with Crippen LogP contribution in [0.5, 0.6) is 0 Å². The molecule has 0 fully saturated rings. The molecule has 0 aliphatic heterocycles. The van der Waals surface area contributed by atoms with Gasteiger partial charge in [-0.3, -0.25) is 14.5 Å². The Bertz CT molecular complexity index is 2240. The van der Waals surface area contributed by atoms with E-state index in [2.05, 4.69) is 134 Å². The third-order valence-electron chi connectivity index (χ3n) is 10.6. The first-order valence-corrected chi connectivity index (χ1v) is 24.8. The number of aromatic nitrogens is 10. The predicted molar refractivity (Wildman–Crippen MR) is 289 cm³/mol. The molecular formula is C51H74Br2N10O2S2. The van der Waals surface area contributed by atoms with Gasteiger partial charge in [0, 0.05) is 47.6 Å². The standard InChI is InChI=1S/2C6H10N2.2C6H8O.2C6H8S.2C5H7BrN2.C5H8N2/c1-5-4-8(3)7-6(5)2;1-5-4-7-8(3)6(5)2;4*1-5-3-4-7-6(5)2;1-4-3-8(6)7-5(4)2;1-4-3-7-8(6)5(4)2;1-4-3-6-7-5(4)2/h2*4H,1-3H3;4*3-4H,1-2H3;2*3H,1-2H3;3H,1-2H3,(H,6,7). The van der Waals surface area contributed by atoms with Crippen LogP contribution in [0, 0.1) is 125 Å². The van der Waals surface area contributed by atoms with Gasteiger partial charge in [0.05, 0.1) is 80.5 Å². The van der Waals surface area contributed by atoms with E-state index in [9.17, 15) is 0 Å². The molecule has 0 spiro atoms. The highest BCUT2D eigenvalue weighted by Crippen LogP contribution is 2.13. The van der Waals surface area contributed by atoms with Gasteiger partial charge in [0.2, 0.25) is 0 Å². The van der Waals surface area contributed by atoms with E-state index in [0.29, 0.717) is 0 Å². The summed E-state index contributed by atoms with van der Waals surface area (Å²) >= 11 is 10.0. The summed E-state index contributed by atoms with van der Waals surface area (Å²) in [5.74, 6) is 2.03. The zero-order valence-corrected chi connectivity index (χ0v) is 48.2. The first kappa shape index (κ1) is 60.0. The lowest BCUT2D eigenvalue weighted by Gasteiger charge is -1.90. The van der Waals surface area contributed by atoms with Crippen LogP contribution >= 0.6 is 55.0 Å². The van der Waals surface area contributed by atoms with Crippen LogP contribution < -0.4 is 0 Å². The van der Waals surface area contributed by atoms with E-state index in [1.54, 1.807) is 42.6 Å². The number of nitrogens with one attached hydrogen (secondary N) is 1. The Kier molecular flexibility index (Phi) is 27.8. The number of aryl methyl sites for hydroxylation is 18. The van der Waals surface area contributed by atoms with Crippen LogP contribution in [0.15, 0.2) is 87.4 Å². The zero-order valence-electron chi connectivity index (χ0n) is 43.4. The summed E-state index contributed by atoms with van der Waals surface area (Å²) in [6.45, 7) is 36.8. The molecule has 0 amide bonds. The van der Waals surface area contributed by atoms with E-state index >= 15 is 0 Å². The largest absolute Gasteiger partial charge is 0.469 e. The molecule has 9 heterocycles. The molecule has 16 heteroatoms. The van der Waals surface area contributed by atoms with Crippen molar-refractivity contribution in [2.75, 3.05) is 0 Å². The number of aromatic amines is 1. The maximum absolute atomic E-state index is 4.96. The van der Waals surface area contributed by atoms with Gasteiger partial charge >= 0.3 is 0 Å². The lowest BCUT2D eigenvalue weighted by atomic mass is 10.3. The van der Waals surface area contributed by atoms with Gasteiger partial charge in [0.15, 0.2) is 0 Å². The molecule has 0 aliphatic carbocycles. The van der Waals surface area contributed by atoms with E-state index in [4.69, 9.17) is 8.83 Å². The maximum atomic E-state index is 4.96. The van der Waals surface area contributed by atoms with Crippen molar-refractivity contribution < 1.29 is 8.83 Å². The lowest BCUT2D eigenvalue weighted by Crippen LogP contribution is -1.91. The van der Waals surface area contributed by atoms with Gasteiger partial charge in [-0.15, -0.1) is 22.7 Å². The normalized spacial score (nSPS) is 9.64. The number of hydrogen-bond acceptors (Lipinski definition) is 9. The second kappa shape index (κ2) is 31.1. The van der Waals surface area contributed by atoms with E-state index in [0.717, 1.165) is 34.3 Å². The first-order chi connectivity index (χ1) is 31.3. The van der Waals surface area contributed by atoms with Crippen LogP contribution in [0.2, 0.25) is 0 Å². The molecule has 1 N–H and O–H groups in total. The van der Waals surface area contributed by atoms with Crippen molar-refractivity contribution in [2.45, 2.75) is 125 Å². The molecule has 9 rings (SSSR count). The van der Waals surface area contributed by atoms with Gasteiger partial charge in [-0.2, -0.15) is 25.5 Å². The average Bonchev–Trinajstić information content (AvgIpc) is 4.21. The molecule has 67 heavy (non-hydrogen) atoms. The SMILES string of the molecule is Cc1ccoc1C.Cc1ccoc1C.Cc1ccsc1C.Cc1ccsc1C.Cc1cn(Br)nc1C.Cc1cn(C)nc1C.Cc1cn[nH]c1C.Cc1cnn(Br)c1C.Cc1cnn(C)c1C. The topological polar surface area (TPSA) is 126 Å². The number of halogens is 2. The van der Waals surface area contributed by atoms with Crippen molar-refractivity contribution in [2.24, 2.45) is 14.1 Å². The summed E-state index contributed by atoms with van der Waals surface area (Å²) in [6.07, 6.45) is 12.8. The summed E-state index contributed by atoms with van der Waals surface area (Å²) in [7, 11) is 3.88. The second-order valence-electron chi connectivity index (χ2n) is 16.0. The highest BCUT2D eigenvalue weighted by molar-refractivity contribution is 9.08. The van der Waals surface area contributed by atoms with Gasteiger partial charge in [-0.05, 0) is 210 Å². The number of thiophene rings is 2. The van der Waals surface area contributed by atoms with Crippen LogP contribution in [-0.2, 0) is 14.1 Å². The molecule has 0 saturated heterocycles. The fraction of sp³-hybridized carbons (Fsp3) is 0.392. The maximum Gasteiger partial charge on any atom is 0.103 e. The van der Waals surface area contributed by atoms with Crippen molar-refractivity contribution in [3.8, 4) is 0 Å². The second-order valence-corrected chi connectivity index (χ2v) is 19.6. The number of H-pyrrole nitrogens is 1. The molecule has 9 aromatic rings. The molecule has 366 valence electrons. The minimum Gasteiger partial charge on any atom is -0.469 e. The molecule has 0 bridgehead atoms. The minimum atomic E-state index is 1.01. The average molecular weight is 1080 g/mol. The van der Waals surface area contributed by atoms with Crippen molar-refractivity contribution >= 4 is 55.0 Å². The number of rotatable bonds is 0. The monoisotopic (exact) mass is 1080 g/mol. The van der Waals surface area contributed by atoms with Gasteiger partial charge in [0.25, 0.3) is 0 Å². The molecular weight excluding hydrogens is 1010 g/mol. The van der Waals surface area contributed by atoms with Gasteiger partial charge in [0.1, 0.15) is 11.5 Å². The summed E-state index contributed by atoms with van der Waals surface area (Å²) < 4.78 is 16.9. The Morgan fingerprint density at radius 1 is 0.493 bits per heavy atom. The predicted octanol–water partition coefficient (Wildman–Crippen LogP) is 14.9. The van der Waals surface area contributed by atoms with Crippen LogP contribution in [0.4, 0.5) is 0 Å².